The van der Waals surface area contributed by atoms with Gasteiger partial charge in [-0.25, -0.2) is 0 Å². The first-order valence-corrected chi connectivity index (χ1v) is 3.67. The minimum Gasteiger partial charge on any atom is -0.498 e. The summed E-state index contributed by atoms with van der Waals surface area (Å²) in [7, 11) is 0. The summed E-state index contributed by atoms with van der Waals surface area (Å²) in [5, 5.41) is 8.65. The van der Waals surface area contributed by atoms with Gasteiger partial charge >= 0.3 is 0 Å². The molecule has 1 nitrogen and oxygen atoms in total. The van der Waals surface area contributed by atoms with Crippen molar-refractivity contribution in [3.63, 3.8) is 0 Å². The van der Waals surface area contributed by atoms with Gasteiger partial charge in [0.1, 0.15) is 0 Å². The van der Waals surface area contributed by atoms with E-state index in [1.54, 1.807) is 0 Å². The highest BCUT2D eigenvalue weighted by Gasteiger charge is 1.96. The van der Waals surface area contributed by atoms with Gasteiger partial charge in [0.15, 0.2) is 5.22 Å². The summed E-state index contributed by atoms with van der Waals surface area (Å²) >= 11 is 10.7. The molecule has 0 rings (SSSR count). The van der Waals surface area contributed by atoms with E-state index in [0.717, 1.165) is 12.8 Å². The molecule has 0 atom stereocenters. The third kappa shape index (κ3) is 4.61. The summed E-state index contributed by atoms with van der Waals surface area (Å²) < 4.78 is 0. The quantitative estimate of drug-likeness (QED) is 0.642. The number of hydrogen-bond donors (Lipinski definition) is 1. The molecule has 0 aromatic carbocycles. The van der Waals surface area contributed by atoms with Crippen molar-refractivity contribution in [1.29, 1.82) is 0 Å². The Balaban J connectivity index is 3.50. The van der Waals surface area contributed by atoms with Crippen LogP contribution in [0.4, 0.5) is 0 Å². The van der Waals surface area contributed by atoms with Crippen LogP contribution in [0.3, 0.4) is 0 Å². The number of allylic oxidation sites excluding steroid dienone is 1. The molecule has 9 heavy (non-hydrogen) atoms. The summed E-state index contributed by atoms with van der Waals surface area (Å²) in [6, 6.07) is 0. The van der Waals surface area contributed by atoms with Crippen molar-refractivity contribution in [3.05, 3.63) is 10.3 Å². The van der Waals surface area contributed by atoms with E-state index in [-0.39, 0.29) is 5.22 Å². The Morgan fingerprint density at radius 1 is 1.44 bits per heavy atom. The lowest BCUT2D eigenvalue weighted by molar-refractivity contribution is 0.446. The Hall–Kier alpha value is 0.120. The maximum absolute atomic E-state index is 8.56. The van der Waals surface area contributed by atoms with Gasteiger partial charge in [0.25, 0.3) is 0 Å². The van der Waals surface area contributed by atoms with Crippen LogP contribution in [0.15, 0.2) is 10.3 Å². The predicted molar refractivity (Wildman–Crippen MR) is 40.9 cm³/mol. The number of halogens is 2. The fourth-order valence-corrected chi connectivity index (χ4v) is 0.663. The maximum atomic E-state index is 8.56. The number of hydrogen-bond acceptors (Lipinski definition) is 1. The summed E-state index contributed by atoms with van der Waals surface area (Å²) in [5.41, 5.74) is 0. The van der Waals surface area contributed by atoms with E-state index in [1.165, 1.54) is 0 Å². The Labute approximate surface area is 65.3 Å². The Kier molecular flexibility index (Phi) is 5.02. The molecule has 0 spiro atoms. The molecule has 3 heteroatoms. The van der Waals surface area contributed by atoms with Crippen LogP contribution in [-0.2, 0) is 0 Å². The number of aliphatic hydroxyl groups excluding tert-OH is 1. The highest BCUT2D eigenvalue weighted by molar-refractivity contribution is 6.38. The molecule has 0 radical (unpaired) electrons. The minimum atomic E-state index is -0.273. The molecule has 0 aliphatic carbocycles. The van der Waals surface area contributed by atoms with Crippen molar-refractivity contribution in [2.45, 2.75) is 26.2 Å². The molecule has 0 aliphatic rings. The third-order valence-corrected chi connectivity index (χ3v) is 1.67. The average molecular weight is 169 g/mol. The molecule has 0 aromatic rings. The topological polar surface area (TPSA) is 20.2 Å². The van der Waals surface area contributed by atoms with E-state index in [1.807, 2.05) is 0 Å². The van der Waals surface area contributed by atoms with Crippen LogP contribution in [0.5, 0.6) is 0 Å². The molecule has 0 amide bonds. The van der Waals surface area contributed by atoms with Crippen LogP contribution in [0.25, 0.3) is 0 Å². The molecule has 54 valence electrons. The lowest BCUT2D eigenvalue weighted by Gasteiger charge is -1.94. The van der Waals surface area contributed by atoms with Crippen LogP contribution in [0.1, 0.15) is 26.2 Å². The van der Waals surface area contributed by atoms with Crippen molar-refractivity contribution in [3.8, 4) is 0 Å². The summed E-state index contributed by atoms with van der Waals surface area (Å²) in [6.45, 7) is 2.05. The van der Waals surface area contributed by atoms with Crippen molar-refractivity contribution in [2.24, 2.45) is 0 Å². The van der Waals surface area contributed by atoms with Gasteiger partial charge in [0, 0.05) is 0 Å². The normalized spacial score (nSPS) is 13.2. The SMILES string of the molecule is CCCC/C(Cl)=C(/O)Cl. The van der Waals surface area contributed by atoms with E-state index in [0.29, 0.717) is 11.5 Å². The van der Waals surface area contributed by atoms with E-state index in [9.17, 15) is 0 Å². The molecule has 0 heterocycles. The van der Waals surface area contributed by atoms with Gasteiger partial charge in [-0.3, -0.25) is 0 Å². The van der Waals surface area contributed by atoms with Gasteiger partial charge in [-0.2, -0.15) is 0 Å². The lowest BCUT2D eigenvalue weighted by atomic mass is 10.2. The first-order chi connectivity index (χ1) is 4.18. The highest BCUT2D eigenvalue weighted by Crippen LogP contribution is 2.17. The molecular formula is C6H10Cl2O. The van der Waals surface area contributed by atoms with Crippen molar-refractivity contribution in [2.75, 3.05) is 0 Å². The maximum Gasteiger partial charge on any atom is 0.199 e. The molecule has 0 unspecified atom stereocenters. The zero-order chi connectivity index (χ0) is 7.28. The van der Waals surface area contributed by atoms with E-state index in [2.05, 4.69) is 6.92 Å². The molecule has 0 aliphatic heterocycles. The largest absolute Gasteiger partial charge is 0.498 e. The predicted octanol–water partition coefficient (Wildman–Crippen LogP) is 3.38. The number of aliphatic hydroxyl groups is 1. The highest BCUT2D eigenvalue weighted by atomic mass is 35.5. The monoisotopic (exact) mass is 168 g/mol. The molecule has 0 saturated carbocycles. The van der Waals surface area contributed by atoms with Crippen LogP contribution in [0, 0.1) is 0 Å². The van der Waals surface area contributed by atoms with Crippen molar-refractivity contribution in [1.82, 2.24) is 0 Å². The summed E-state index contributed by atoms with van der Waals surface area (Å²) in [6.07, 6.45) is 2.70. The van der Waals surface area contributed by atoms with Crippen LogP contribution in [0.2, 0.25) is 0 Å². The van der Waals surface area contributed by atoms with E-state index < -0.39 is 0 Å². The molecule has 0 aromatic heterocycles. The lowest BCUT2D eigenvalue weighted by Crippen LogP contribution is -1.77. The molecular weight excluding hydrogens is 159 g/mol. The second kappa shape index (κ2) is 4.95. The molecule has 0 bridgehead atoms. The Bertz CT molecular complexity index is 106. The fourth-order valence-electron chi connectivity index (χ4n) is 0.435. The van der Waals surface area contributed by atoms with Gasteiger partial charge in [-0.05, 0) is 24.4 Å². The van der Waals surface area contributed by atoms with Gasteiger partial charge in [0.05, 0.1) is 5.03 Å². The molecule has 1 N–H and O–H groups in total. The molecule has 0 saturated heterocycles. The summed E-state index contributed by atoms with van der Waals surface area (Å²) in [5.74, 6) is 0. The van der Waals surface area contributed by atoms with Gasteiger partial charge in [-0.1, -0.05) is 24.9 Å². The van der Waals surface area contributed by atoms with Gasteiger partial charge in [-0.15, -0.1) is 0 Å². The molecule has 0 fully saturated rings. The second-order valence-electron chi connectivity index (χ2n) is 1.80. The fraction of sp³-hybridized carbons (Fsp3) is 0.667. The van der Waals surface area contributed by atoms with Gasteiger partial charge in [0.2, 0.25) is 0 Å². The summed E-state index contributed by atoms with van der Waals surface area (Å²) in [4.78, 5) is 0. The van der Waals surface area contributed by atoms with E-state index >= 15 is 0 Å². The first kappa shape index (κ1) is 9.12. The first-order valence-electron chi connectivity index (χ1n) is 2.91. The van der Waals surface area contributed by atoms with Crippen LogP contribution >= 0.6 is 23.2 Å². The van der Waals surface area contributed by atoms with E-state index in [4.69, 9.17) is 28.3 Å². The third-order valence-electron chi connectivity index (χ3n) is 0.974. The van der Waals surface area contributed by atoms with Crippen LogP contribution < -0.4 is 0 Å². The van der Waals surface area contributed by atoms with Crippen LogP contribution in [-0.4, -0.2) is 5.11 Å². The Morgan fingerprint density at radius 3 is 2.33 bits per heavy atom. The average Bonchev–Trinajstić information content (AvgIpc) is 1.82. The van der Waals surface area contributed by atoms with Crippen molar-refractivity contribution < 1.29 is 5.11 Å². The van der Waals surface area contributed by atoms with Gasteiger partial charge < -0.3 is 5.11 Å². The van der Waals surface area contributed by atoms with Crippen molar-refractivity contribution >= 4 is 23.2 Å². The number of unbranched alkanes of at least 4 members (excludes halogenated alkanes) is 1. The second-order valence-corrected chi connectivity index (χ2v) is 2.61. The number of rotatable bonds is 3. The minimum absolute atomic E-state index is 0.273. The zero-order valence-electron chi connectivity index (χ0n) is 5.32. The smallest absolute Gasteiger partial charge is 0.199 e. The zero-order valence-corrected chi connectivity index (χ0v) is 6.84. The standard InChI is InChI=1S/C6H10Cl2O/c1-2-3-4-5(7)6(8)9/h9H,2-4H2,1H3/b6-5-. The Morgan fingerprint density at radius 2 is 2.00 bits per heavy atom.